The van der Waals surface area contributed by atoms with Crippen LogP contribution in [0.4, 0.5) is 11.4 Å². The summed E-state index contributed by atoms with van der Waals surface area (Å²) in [5, 5.41) is 6.14. The number of nitrogens with one attached hydrogen (secondary N) is 2. The van der Waals surface area contributed by atoms with E-state index >= 15 is 0 Å². The molecular weight excluding hydrogens is 446 g/mol. The molecule has 0 spiro atoms. The van der Waals surface area contributed by atoms with Gasteiger partial charge in [-0.3, -0.25) is 9.59 Å². The van der Waals surface area contributed by atoms with Crippen molar-refractivity contribution in [3.8, 4) is 11.3 Å². The number of nitrogens with zero attached hydrogens (tertiary/aromatic N) is 1. The zero-order valence-electron chi connectivity index (χ0n) is 15.0. The first kappa shape index (κ1) is 20.1. The molecule has 3 rings (SSSR count). The molecule has 0 atom stereocenters. The van der Waals surface area contributed by atoms with Crippen LogP contribution in [0.15, 0.2) is 57.6 Å². The standard InChI is InChI=1S/C20H17BrClN3O3/c1-12(26)24-16-7-4-14(21)10-17(16)25-19(27)8-9-20-23-11-18(28-20)13-2-5-15(22)6-3-13/h2-7,10-11H,8-9H2,1H3,(H,24,26)(H,25,27). The molecular formula is C20H17BrClN3O3. The lowest BCUT2D eigenvalue weighted by Gasteiger charge is -2.11. The van der Waals surface area contributed by atoms with E-state index in [9.17, 15) is 9.59 Å². The predicted molar refractivity (Wildman–Crippen MR) is 112 cm³/mol. The average molecular weight is 463 g/mol. The number of hydrogen-bond acceptors (Lipinski definition) is 4. The SMILES string of the molecule is CC(=O)Nc1ccc(Br)cc1NC(=O)CCc1ncc(-c2ccc(Cl)cc2)o1. The Morgan fingerprint density at radius 3 is 2.57 bits per heavy atom. The van der Waals surface area contributed by atoms with Gasteiger partial charge in [-0.15, -0.1) is 0 Å². The lowest BCUT2D eigenvalue weighted by molar-refractivity contribution is -0.116. The molecule has 0 fully saturated rings. The molecule has 0 radical (unpaired) electrons. The van der Waals surface area contributed by atoms with Crippen molar-refractivity contribution in [1.29, 1.82) is 0 Å². The molecule has 0 saturated heterocycles. The lowest BCUT2D eigenvalue weighted by Crippen LogP contribution is -2.15. The van der Waals surface area contributed by atoms with E-state index in [1.165, 1.54) is 6.92 Å². The van der Waals surface area contributed by atoms with Gasteiger partial charge >= 0.3 is 0 Å². The molecule has 1 aromatic heterocycles. The highest BCUT2D eigenvalue weighted by atomic mass is 79.9. The average Bonchev–Trinajstić information content (AvgIpc) is 3.12. The van der Waals surface area contributed by atoms with E-state index in [2.05, 4.69) is 31.5 Å². The summed E-state index contributed by atoms with van der Waals surface area (Å²) in [6.07, 6.45) is 2.16. The van der Waals surface area contributed by atoms with E-state index in [-0.39, 0.29) is 18.2 Å². The molecule has 0 aliphatic heterocycles. The topological polar surface area (TPSA) is 84.2 Å². The third-order valence-corrected chi connectivity index (χ3v) is 4.56. The van der Waals surface area contributed by atoms with Crippen LogP contribution in [0, 0.1) is 0 Å². The van der Waals surface area contributed by atoms with Crippen LogP contribution >= 0.6 is 27.5 Å². The monoisotopic (exact) mass is 461 g/mol. The van der Waals surface area contributed by atoms with Crippen molar-refractivity contribution in [2.24, 2.45) is 0 Å². The Hall–Kier alpha value is -2.64. The Morgan fingerprint density at radius 2 is 1.86 bits per heavy atom. The molecule has 2 N–H and O–H groups in total. The van der Waals surface area contributed by atoms with Crippen LogP contribution in [-0.2, 0) is 16.0 Å². The Balaban J connectivity index is 1.61. The quantitative estimate of drug-likeness (QED) is 0.521. The van der Waals surface area contributed by atoms with Crippen molar-refractivity contribution in [2.75, 3.05) is 10.6 Å². The van der Waals surface area contributed by atoms with E-state index in [1.54, 1.807) is 36.5 Å². The molecule has 8 heteroatoms. The Bertz CT molecular complexity index is 1000. The van der Waals surface area contributed by atoms with E-state index in [0.717, 1.165) is 10.0 Å². The summed E-state index contributed by atoms with van der Waals surface area (Å²) in [5.74, 6) is 0.659. The number of halogens is 2. The van der Waals surface area contributed by atoms with Gasteiger partial charge in [0.25, 0.3) is 0 Å². The van der Waals surface area contributed by atoms with Gasteiger partial charge < -0.3 is 15.1 Å². The van der Waals surface area contributed by atoms with Crippen LogP contribution in [0.3, 0.4) is 0 Å². The maximum atomic E-state index is 12.3. The molecule has 0 aliphatic rings. The second-order valence-electron chi connectivity index (χ2n) is 6.04. The molecule has 144 valence electrons. The maximum Gasteiger partial charge on any atom is 0.224 e. The van der Waals surface area contributed by atoms with Crippen molar-refractivity contribution in [3.05, 3.63) is 64.0 Å². The summed E-state index contributed by atoms with van der Waals surface area (Å²) in [6.45, 7) is 1.41. The highest BCUT2D eigenvalue weighted by Crippen LogP contribution is 2.27. The van der Waals surface area contributed by atoms with Gasteiger partial charge in [-0.25, -0.2) is 4.98 Å². The first-order valence-corrected chi connectivity index (χ1v) is 9.65. The van der Waals surface area contributed by atoms with Crippen molar-refractivity contribution < 1.29 is 14.0 Å². The lowest BCUT2D eigenvalue weighted by atomic mass is 10.2. The molecule has 2 amide bonds. The molecule has 0 saturated carbocycles. The van der Waals surface area contributed by atoms with Crippen LogP contribution in [-0.4, -0.2) is 16.8 Å². The number of amides is 2. The van der Waals surface area contributed by atoms with Gasteiger partial charge in [-0.05, 0) is 42.5 Å². The smallest absolute Gasteiger partial charge is 0.224 e. The number of carbonyl (C=O) groups is 2. The summed E-state index contributed by atoms with van der Waals surface area (Å²) >= 11 is 9.25. The van der Waals surface area contributed by atoms with Crippen LogP contribution < -0.4 is 10.6 Å². The van der Waals surface area contributed by atoms with E-state index in [1.807, 2.05) is 12.1 Å². The number of aryl methyl sites for hydroxylation is 1. The fourth-order valence-corrected chi connectivity index (χ4v) is 3.01. The van der Waals surface area contributed by atoms with Gasteiger partial charge in [0.05, 0.1) is 17.6 Å². The minimum absolute atomic E-state index is 0.187. The summed E-state index contributed by atoms with van der Waals surface area (Å²) in [4.78, 5) is 27.9. The number of rotatable bonds is 6. The zero-order valence-corrected chi connectivity index (χ0v) is 17.3. The van der Waals surface area contributed by atoms with Crippen molar-refractivity contribution >= 4 is 50.7 Å². The summed E-state index contributed by atoms with van der Waals surface area (Å²) in [5.41, 5.74) is 1.91. The normalized spacial score (nSPS) is 10.5. The van der Waals surface area contributed by atoms with Gasteiger partial charge in [0.1, 0.15) is 0 Å². The van der Waals surface area contributed by atoms with Crippen LogP contribution in [0.5, 0.6) is 0 Å². The second kappa shape index (κ2) is 9.03. The van der Waals surface area contributed by atoms with Crippen molar-refractivity contribution in [2.45, 2.75) is 19.8 Å². The molecule has 28 heavy (non-hydrogen) atoms. The zero-order chi connectivity index (χ0) is 20.1. The molecule has 0 unspecified atom stereocenters. The first-order valence-electron chi connectivity index (χ1n) is 8.48. The number of hydrogen-bond donors (Lipinski definition) is 2. The first-order chi connectivity index (χ1) is 13.4. The van der Waals surface area contributed by atoms with Crippen LogP contribution in [0.1, 0.15) is 19.2 Å². The number of carbonyl (C=O) groups excluding carboxylic acids is 2. The minimum atomic E-state index is -0.215. The number of benzene rings is 2. The molecule has 0 aliphatic carbocycles. The number of aromatic nitrogens is 1. The van der Waals surface area contributed by atoms with Crippen LogP contribution in [0.2, 0.25) is 5.02 Å². The maximum absolute atomic E-state index is 12.3. The van der Waals surface area contributed by atoms with Gasteiger partial charge in [0.2, 0.25) is 11.8 Å². The van der Waals surface area contributed by atoms with Crippen LogP contribution in [0.25, 0.3) is 11.3 Å². The highest BCUT2D eigenvalue weighted by Gasteiger charge is 2.12. The Kier molecular flexibility index (Phi) is 6.49. The Morgan fingerprint density at radius 1 is 1.11 bits per heavy atom. The minimum Gasteiger partial charge on any atom is -0.441 e. The molecule has 6 nitrogen and oxygen atoms in total. The van der Waals surface area contributed by atoms with Crippen molar-refractivity contribution in [1.82, 2.24) is 4.98 Å². The Labute approximate surface area is 175 Å². The molecule has 0 bridgehead atoms. The largest absolute Gasteiger partial charge is 0.441 e. The van der Waals surface area contributed by atoms with E-state index in [4.69, 9.17) is 16.0 Å². The summed E-state index contributed by atoms with van der Waals surface area (Å²) in [6, 6.07) is 12.5. The third kappa shape index (κ3) is 5.43. The fourth-order valence-electron chi connectivity index (χ4n) is 2.53. The second-order valence-corrected chi connectivity index (χ2v) is 7.40. The number of anilines is 2. The number of oxazole rings is 1. The van der Waals surface area contributed by atoms with E-state index < -0.39 is 0 Å². The van der Waals surface area contributed by atoms with Gasteiger partial charge in [0.15, 0.2) is 11.7 Å². The highest BCUT2D eigenvalue weighted by molar-refractivity contribution is 9.10. The third-order valence-electron chi connectivity index (χ3n) is 3.81. The van der Waals surface area contributed by atoms with Gasteiger partial charge in [0, 0.05) is 34.8 Å². The summed E-state index contributed by atoms with van der Waals surface area (Å²) in [7, 11) is 0. The fraction of sp³-hybridized carbons (Fsp3) is 0.150. The predicted octanol–water partition coefficient (Wildman–Crippen LogP) is 5.29. The molecule has 3 aromatic rings. The molecule has 2 aromatic carbocycles. The van der Waals surface area contributed by atoms with Crippen molar-refractivity contribution in [3.63, 3.8) is 0 Å². The van der Waals surface area contributed by atoms with Gasteiger partial charge in [-0.1, -0.05) is 27.5 Å². The summed E-state index contributed by atoms with van der Waals surface area (Å²) < 4.78 is 6.50. The molecule has 1 heterocycles. The van der Waals surface area contributed by atoms with E-state index in [0.29, 0.717) is 34.5 Å². The van der Waals surface area contributed by atoms with Gasteiger partial charge in [-0.2, -0.15) is 0 Å².